The van der Waals surface area contributed by atoms with Crippen molar-refractivity contribution in [1.82, 2.24) is 4.98 Å². The minimum absolute atomic E-state index is 0.0303. The number of nitrogens with one attached hydrogen (secondary N) is 1. The topological polar surface area (TPSA) is 155 Å². The predicted octanol–water partition coefficient (Wildman–Crippen LogP) is 2.04. The van der Waals surface area contributed by atoms with Gasteiger partial charge in [0.1, 0.15) is 12.3 Å². The summed E-state index contributed by atoms with van der Waals surface area (Å²) in [6.45, 7) is 2.97. The van der Waals surface area contributed by atoms with Gasteiger partial charge in [-0.25, -0.2) is 9.59 Å². The quantitative estimate of drug-likeness (QED) is 0.417. The van der Waals surface area contributed by atoms with E-state index in [1.165, 1.54) is 19.2 Å². The van der Waals surface area contributed by atoms with Crippen molar-refractivity contribution in [2.24, 2.45) is 5.73 Å². The highest BCUT2D eigenvalue weighted by Gasteiger charge is 2.25. The second-order valence-electron chi connectivity index (χ2n) is 5.86. The lowest BCUT2D eigenvalue weighted by Gasteiger charge is -2.07. The van der Waals surface area contributed by atoms with Crippen molar-refractivity contribution >= 4 is 23.5 Å². The van der Waals surface area contributed by atoms with E-state index in [1.807, 2.05) is 0 Å². The Bertz CT molecular complexity index is 962. The van der Waals surface area contributed by atoms with E-state index < -0.39 is 35.1 Å². The summed E-state index contributed by atoms with van der Waals surface area (Å²) in [5, 5.41) is 11.2. The average Bonchev–Trinajstić information content (AvgIpc) is 3.01. The number of aryl methyl sites for hydroxylation is 1. The van der Waals surface area contributed by atoms with Crippen molar-refractivity contribution < 1.29 is 28.8 Å². The van der Waals surface area contributed by atoms with Gasteiger partial charge in [0.15, 0.2) is 0 Å². The van der Waals surface area contributed by atoms with Crippen molar-refractivity contribution in [2.75, 3.05) is 7.11 Å². The average molecular weight is 389 g/mol. The molecule has 0 unspecified atom stereocenters. The zero-order chi connectivity index (χ0) is 21.0. The maximum atomic E-state index is 12.4. The molecule has 2 aromatic rings. The van der Waals surface area contributed by atoms with Crippen LogP contribution < -0.4 is 5.73 Å². The summed E-state index contributed by atoms with van der Waals surface area (Å²) in [5.41, 5.74) is 6.01. The Morgan fingerprint density at radius 2 is 1.93 bits per heavy atom. The van der Waals surface area contributed by atoms with Crippen LogP contribution >= 0.6 is 0 Å². The standard InChI is InChI=1S/C18H19N3O7/c1-4-12-14(17(23)27-3)9(2)15(20-12)18(24)28-8-11-6-5-10(16(19)22)7-13(11)21(25)26/h5-7,20H,4,8H2,1-3H3,(H2,19,22). The van der Waals surface area contributed by atoms with Crippen LogP contribution in [-0.2, 0) is 22.5 Å². The predicted molar refractivity (Wildman–Crippen MR) is 97.0 cm³/mol. The van der Waals surface area contributed by atoms with Crippen LogP contribution in [-0.4, -0.2) is 34.9 Å². The van der Waals surface area contributed by atoms with Gasteiger partial charge in [-0.3, -0.25) is 14.9 Å². The third-order valence-electron chi connectivity index (χ3n) is 4.20. The minimum atomic E-state index is -0.809. The molecule has 10 heteroatoms. The highest BCUT2D eigenvalue weighted by molar-refractivity contribution is 5.98. The minimum Gasteiger partial charge on any atom is -0.465 e. The third-order valence-corrected chi connectivity index (χ3v) is 4.20. The van der Waals surface area contributed by atoms with E-state index >= 15 is 0 Å². The van der Waals surface area contributed by atoms with Crippen LogP contribution in [0.2, 0.25) is 0 Å². The number of nitrogens with zero attached hydrogens (tertiary/aromatic N) is 1. The number of carbonyl (C=O) groups is 3. The van der Waals surface area contributed by atoms with Crippen molar-refractivity contribution in [1.29, 1.82) is 0 Å². The molecule has 1 aromatic carbocycles. The van der Waals surface area contributed by atoms with E-state index in [9.17, 15) is 24.5 Å². The molecular weight excluding hydrogens is 370 g/mol. The molecule has 0 saturated carbocycles. The Kier molecular flexibility index (Phi) is 6.14. The van der Waals surface area contributed by atoms with E-state index in [1.54, 1.807) is 13.8 Å². The molecule has 0 radical (unpaired) electrons. The number of primary amides is 1. The number of nitro benzene ring substituents is 1. The molecule has 1 amide bonds. The van der Waals surface area contributed by atoms with Crippen molar-refractivity contribution in [3.05, 3.63) is 62.0 Å². The highest BCUT2D eigenvalue weighted by Crippen LogP contribution is 2.24. The number of benzene rings is 1. The summed E-state index contributed by atoms with van der Waals surface area (Å²) in [7, 11) is 1.24. The Hall–Kier alpha value is -3.69. The summed E-state index contributed by atoms with van der Waals surface area (Å²) in [5.74, 6) is -2.17. The lowest BCUT2D eigenvalue weighted by molar-refractivity contribution is -0.385. The van der Waals surface area contributed by atoms with Gasteiger partial charge in [0.05, 0.1) is 23.2 Å². The third kappa shape index (κ3) is 4.00. The van der Waals surface area contributed by atoms with Gasteiger partial charge in [0, 0.05) is 17.3 Å². The SMILES string of the molecule is CCc1[nH]c(C(=O)OCc2ccc(C(N)=O)cc2[N+](=O)[O-])c(C)c1C(=O)OC. The molecule has 0 saturated heterocycles. The number of rotatable bonds is 7. The van der Waals surface area contributed by atoms with Crippen molar-refractivity contribution in [2.45, 2.75) is 26.9 Å². The van der Waals surface area contributed by atoms with Crippen molar-refractivity contribution in [3.8, 4) is 0 Å². The second kappa shape index (κ2) is 8.33. The molecule has 148 valence electrons. The zero-order valence-electron chi connectivity index (χ0n) is 15.5. The normalized spacial score (nSPS) is 10.4. The maximum Gasteiger partial charge on any atom is 0.355 e. The van der Waals surface area contributed by atoms with Crippen LogP contribution in [0.4, 0.5) is 5.69 Å². The highest BCUT2D eigenvalue weighted by atomic mass is 16.6. The number of H-pyrrole nitrogens is 1. The van der Waals surface area contributed by atoms with Gasteiger partial charge in [0.25, 0.3) is 5.69 Å². The number of hydrogen-bond donors (Lipinski definition) is 2. The fraction of sp³-hybridized carbons (Fsp3) is 0.278. The first-order valence-corrected chi connectivity index (χ1v) is 8.25. The maximum absolute atomic E-state index is 12.4. The van der Waals surface area contributed by atoms with E-state index in [0.29, 0.717) is 17.7 Å². The molecule has 2 rings (SSSR count). The first-order chi connectivity index (χ1) is 13.2. The van der Waals surface area contributed by atoms with Crippen LogP contribution in [0.15, 0.2) is 18.2 Å². The molecule has 3 N–H and O–H groups in total. The molecule has 0 aliphatic rings. The summed E-state index contributed by atoms with van der Waals surface area (Å²) in [4.78, 5) is 48.9. The van der Waals surface area contributed by atoms with Gasteiger partial charge < -0.3 is 20.2 Å². The number of amides is 1. The van der Waals surface area contributed by atoms with Crippen LogP contribution in [0, 0.1) is 17.0 Å². The Morgan fingerprint density at radius 3 is 2.46 bits per heavy atom. The molecule has 1 aromatic heterocycles. The van der Waals surface area contributed by atoms with E-state index in [-0.39, 0.29) is 22.4 Å². The van der Waals surface area contributed by atoms with Gasteiger partial charge in [-0.15, -0.1) is 0 Å². The van der Waals surface area contributed by atoms with E-state index in [2.05, 4.69) is 4.98 Å². The lowest BCUT2D eigenvalue weighted by atomic mass is 10.1. The monoisotopic (exact) mass is 389 g/mol. The molecule has 10 nitrogen and oxygen atoms in total. The van der Waals surface area contributed by atoms with Gasteiger partial charge in [-0.1, -0.05) is 6.92 Å². The fourth-order valence-corrected chi connectivity index (χ4v) is 2.73. The van der Waals surface area contributed by atoms with Crippen LogP contribution in [0.3, 0.4) is 0 Å². The van der Waals surface area contributed by atoms with Gasteiger partial charge in [0.2, 0.25) is 5.91 Å². The number of methoxy groups -OCH3 is 1. The number of aromatic nitrogens is 1. The van der Waals surface area contributed by atoms with Gasteiger partial charge in [-0.05, 0) is 31.0 Å². The zero-order valence-corrected chi connectivity index (χ0v) is 15.5. The number of ether oxygens (including phenoxy) is 2. The number of nitro groups is 1. The Morgan fingerprint density at radius 1 is 1.25 bits per heavy atom. The fourth-order valence-electron chi connectivity index (χ4n) is 2.73. The van der Waals surface area contributed by atoms with Crippen LogP contribution in [0.5, 0.6) is 0 Å². The second-order valence-corrected chi connectivity index (χ2v) is 5.86. The number of aromatic amines is 1. The lowest BCUT2D eigenvalue weighted by Crippen LogP contribution is -2.13. The number of hydrogen-bond acceptors (Lipinski definition) is 7. The molecule has 0 spiro atoms. The molecule has 0 aliphatic heterocycles. The van der Waals surface area contributed by atoms with E-state index in [0.717, 1.165) is 6.07 Å². The van der Waals surface area contributed by atoms with Crippen molar-refractivity contribution in [3.63, 3.8) is 0 Å². The summed E-state index contributed by atoms with van der Waals surface area (Å²) in [6, 6.07) is 3.63. The molecule has 0 bridgehead atoms. The van der Waals surface area contributed by atoms with Crippen LogP contribution in [0.25, 0.3) is 0 Å². The molecule has 0 fully saturated rings. The molecule has 0 aliphatic carbocycles. The molecule has 0 atom stereocenters. The van der Waals surface area contributed by atoms with Gasteiger partial charge >= 0.3 is 11.9 Å². The Labute approximate surface area is 159 Å². The molecule has 28 heavy (non-hydrogen) atoms. The smallest absolute Gasteiger partial charge is 0.355 e. The summed E-state index contributed by atoms with van der Waals surface area (Å²) >= 11 is 0. The van der Waals surface area contributed by atoms with Gasteiger partial charge in [-0.2, -0.15) is 0 Å². The molecule has 1 heterocycles. The molecular formula is C18H19N3O7. The first kappa shape index (κ1) is 20.6. The number of nitrogens with two attached hydrogens (primary N) is 1. The Balaban J connectivity index is 2.28. The van der Waals surface area contributed by atoms with E-state index in [4.69, 9.17) is 15.2 Å². The largest absolute Gasteiger partial charge is 0.465 e. The number of esters is 2. The van der Waals surface area contributed by atoms with Crippen LogP contribution in [0.1, 0.15) is 54.9 Å². The number of carbonyl (C=O) groups excluding carboxylic acids is 3. The summed E-state index contributed by atoms with van der Waals surface area (Å²) in [6.07, 6.45) is 0.457. The first-order valence-electron chi connectivity index (χ1n) is 8.25. The summed E-state index contributed by atoms with van der Waals surface area (Å²) < 4.78 is 9.90.